The zero-order chi connectivity index (χ0) is 21.3. The van der Waals surface area contributed by atoms with Crippen molar-refractivity contribution in [1.82, 2.24) is 9.97 Å². The summed E-state index contributed by atoms with van der Waals surface area (Å²) in [5.41, 5.74) is 5.41. The monoisotopic (exact) mass is 397 g/mol. The number of methoxy groups -OCH3 is 1. The Labute approximate surface area is 173 Å². The number of allylic oxidation sites excluding steroid dienone is 1. The molecule has 0 radical (unpaired) electrons. The molecule has 0 unspecified atom stereocenters. The van der Waals surface area contributed by atoms with Crippen molar-refractivity contribution in [2.75, 3.05) is 7.11 Å². The highest BCUT2D eigenvalue weighted by atomic mass is 16.5. The lowest BCUT2D eigenvalue weighted by atomic mass is 10.0. The molecule has 0 spiro atoms. The number of furan rings is 1. The van der Waals surface area contributed by atoms with Crippen molar-refractivity contribution < 1.29 is 13.9 Å². The number of carbonyl (C=O) groups excluding carboxylic acids is 1. The lowest BCUT2D eigenvalue weighted by Crippen LogP contribution is -2.01. The number of imidazole rings is 1. The van der Waals surface area contributed by atoms with Gasteiger partial charge in [-0.2, -0.15) is 5.26 Å². The summed E-state index contributed by atoms with van der Waals surface area (Å²) in [4.78, 5) is 19.4. The molecule has 1 N–H and O–H groups in total. The molecule has 0 bridgehead atoms. The molecule has 0 saturated carbocycles. The quantitative estimate of drug-likeness (QED) is 0.373. The molecule has 0 amide bonds. The van der Waals surface area contributed by atoms with E-state index < -0.39 is 0 Å². The molecule has 2 heterocycles. The van der Waals surface area contributed by atoms with E-state index in [4.69, 9.17) is 9.15 Å². The molecular formula is C24H19N3O3. The van der Waals surface area contributed by atoms with E-state index in [0.29, 0.717) is 28.5 Å². The summed E-state index contributed by atoms with van der Waals surface area (Å²) < 4.78 is 10.7. The fraction of sp³-hybridized carbons (Fsp3) is 0.125. The number of hydrogen-bond acceptors (Lipinski definition) is 5. The van der Waals surface area contributed by atoms with Crippen LogP contribution in [0.1, 0.15) is 33.1 Å². The lowest BCUT2D eigenvalue weighted by Gasteiger charge is -2.05. The predicted molar refractivity (Wildman–Crippen MR) is 115 cm³/mol. The van der Waals surface area contributed by atoms with Crippen LogP contribution in [0.5, 0.6) is 0 Å². The van der Waals surface area contributed by atoms with Crippen LogP contribution in [0, 0.1) is 25.2 Å². The van der Waals surface area contributed by atoms with Gasteiger partial charge in [-0.3, -0.25) is 0 Å². The lowest BCUT2D eigenvalue weighted by molar-refractivity contribution is 0.0600. The van der Waals surface area contributed by atoms with Gasteiger partial charge in [0.05, 0.1) is 29.3 Å². The van der Waals surface area contributed by atoms with Crippen molar-refractivity contribution >= 4 is 28.7 Å². The van der Waals surface area contributed by atoms with Gasteiger partial charge in [-0.1, -0.05) is 12.1 Å². The molecule has 0 fully saturated rings. The van der Waals surface area contributed by atoms with E-state index in [1.807, 2.05) is 44.2 Å². The number of aryl methyl sites for hydroxylation is 2. The number of ether oxygens (including phenoxy) is 1. The minimum absolute atomic E-state index is 0.377. The Kier molecular flexibility index (Phi) is 4.95. The number of nitrogens with one attached hydrogen (secondary N) is 1. The Hall–Kier alpha value is -4.11. The zero-order valence-corrected chi connectivity index (χ0v) is 16.8. The van der Waals surface area contributed by atoms with E-state index in [-0.39, 0.29) is 5.97 Å². The molecule has 0 aliphatic rings. The van der Waals surface area contributed by atoms with Crippen molar-refractivity contribution in [3.63, 3.8) is 0 Å². The van der Waals surface area contributed by atoms with Gasteiger partial charge in [0.2, 0.25) is 0 Å². The van der Waals surface area contributed by atoms with E-state index in [0.717, 1.165) is 27.7 Å². The number of H-pyrrole nitrogens is 1. The minimum Gasteiger partial charge on any atom is -0.465 e. The first-order chi connectivity index (χ1) is 14.5. The maximum Gasteiger partial charge on any atom is 0.337 e. The minimum atomic E-state index is -0.382. The normalized spacial score (nSPS) is 11.5. The van der Waals surface area contributed by atoms with Gasteiger partial charge in [-0.25, -0.2) is 9.78 Å². The second-order valence-corrected chi connectivity index (χ2v) is 7.00. The second-order valence-electron chi connectivity index (χ2n) is 7.00. The van der Waals surface area contributed by atoms with Crippen LogP contribution < -0.4 is 0 Å². The number of fused-ring (bicyclic) bond motifs is 1. The van der Waals surface area contributed by atoms with E-state index in [2.05, 4.69) is 16.0 Å². The zero-order valence-electron chi connectivity index (χ0n) is 16.8. The van der Waals surface area contributed by atoms with E-state index in [1.165, 1.54) is 7.11 Å². The summed E-state index contributed by atoms with van der Waals surface area (Å²) in [6.45, 7) is 3.90. The predicted octanol–water partition coefficient (Wildman–Crippen LogP) is 5.29. The van der Waals surface area contributed by atoms with Gasteiger partial charge in [0.1, 0.15) is 23.4 Å². The fourth-order valence-corrected chi connectivity index (χ4v) is 3.31. The Morgan fingerprint density at radius 2 is 2.00 bits per heavy atom. The number of esters is 1. The van der Waals surface area contributed by atoms with Crippen LogP contribution in [0.4, 0.5) is 0 Å². The smallest absolute Gasteiger partial charge is 0.337 e. The van der Waals surface area contributed by atoms with E-state index in [9.17, 15) is 10.1 Å². The fourth-order valence-electron chi connectivity index (χ4n) is 3.31. The third-order valence-corrected chi connectivity index (χ3v) is 4.84. The molecule has 30 heavy (non-hydrogen) atoms. The summed E-state index contributed by atoms with van der Waals surface area (Å²) in [6.07, 6.45) is 1.66. The SMILES string of the molecule is COC(=O)c1ccc(-c2ccc(/C=C(\C#N)c3nc4ccc(C)cc4[nH]3)o2)c(C)c1. The molecule has 2 aromatic heterocycles. The molecule has 6 nitrogen and oxygen atoms in total. The average molecular weight is 397 g/mol. The summed E-state index contributed by atoms with van der Waals surface area (Å²) in [5.74, 6) is 1.30. The van der Waals surface area contributed by atoms with Gasteiger partial charge >= 0.3 is 5.97 Å². The van der Waals surface area contributed by atoms with Crippen molar-refractivity contribution in [2.45, 2.75) is 13.8 Å². The molecule has 0 aliphatic carbocycles. The highest BCUT2D eigenvalue weighted by Gasteiger charge is 2.13. The Morgan fingerprint density at radius 1 is 1.17 bits per heavy atom. The van der Waals surface area contributed by atoms with E-state index >= 15 is 0 Å². The molecule has 6 heteroatoms. The van der Waals surface area contributed by atoms with Crippen LogP contribution in [-0.4, -0.2) is 23.0 Å². The first-order valence-electron chi connectivity index (χ1n) is 9.36. The number of aromatic amines is 1. The first-order valence-corrected chi connectivity index (χ1v) is 9.36. The Morgan fingerprint density at radius 3 is 2.73 bits per heavy atom. The molecule has 0 saturated heterocycles. The molecular weight excluding hydrogens is 378 g/mol. The molecule has 0 atom stereocenters. The summed E-state index contributed by atoms with van der Waals surface area (Å²) in [6, 6.07) is 17.0. The van der Waals surface area contributed by atoms with Crippen LogP contribution in [0.25, 0.3) is 34.0 Å². The highest BCUT2D eigenvalue weighted by molar-refractivity contribution is 5.91. The number of benzene rings is 2. The van der Waals surface area contributed by atoms with Gasteiger partial charge in [-0.15, -0.1) is 0 Å². The van der Waals surface area contributed by atoms with Gasteiger partial charge in [0.25, 0.3) is 0 Å². The molecule has 0 aliphatic heterocycles. The standard InChI is InChI=1S/C24H19N3O3/c1-14-4-8-20-21(10-14)27-23(26-20)17(13-25)12-18-6-9-22(30-18)19-7-5-16(11-15(19)2)24(28)29-3/h4-12H,1-3H3,(H,26,27)/b17-12+. The van der Waals surface area contributed by atoms with E-state index in [1.54, 1.807) is 24.3 Å². The molecule has 2 aromatic carbocycles. The Bertz CT molecular complexity index is 1340. The molecule has 4 rings (SSSR count). The van der Waals surface area contributed by atoms with Crippen LogP contribution in [0.3, 0.4) is 0 Å². The molecule has 4 aromatic rings. The number of hydrogen-bond donors (Lipinski definition) is 1. The Balaban J connectivity index is 1.66. The van der Waals surface area contributed by atoms with Gasteiger partial charge in [-0.05, 0) is 61.4 Å². The number of carbonyl (C=O) groups is 1. The van der Waals surface area contributed by atoms with Crippen LogP contribution >= 0.6 is 0 Å². The number of nitrogens with zero attached hydrogens (tertiary/aromatic N) is 2. The van der Waals surface area contributed by atoms with Crippen molar-refractivity contribution in [2.24, 2.45) is 0 Å². The van der Waals surface area contributed by atoms with Crippen molar-refractivity contribution in [3.8, 4) is 17.4 Å². The van der Waals surface area contributed by atoms with Gasteiger partial charge < -0.3 is 14.1 Å². The maximum absolute atomic E-state index is 11.7. The average Bonchev–Trinajstić information content (AvgIpc) is 3.37. The van der Waals surface area contributed by atoms with Crippen molar-refractivity contribution in [3.05, 3.63) is 76.8 Å². The third-order valence-electron chi connectivity index (χ3n) is 4.84. The van der Waals surface area contributed by atoms with Gasteiger partial charge in [0, 0.05) is 11.6 Å². The summed E-state index contributed by atoms with van der Waals surface area (Å²) in [5, 5.41) is 9.63. The largest absolute Gasteiger partial charge is 0.465 e. The van der Waals surface area contributed by atoms with Crippen LogP contribution in [0.2, 0.25) is 0 Å². The maximum atomic E-state index is 11.7. The van der Waals surface area contributed by atoms with Crippen LogP contribution in [0.15, 0.2) is 52.9 Å². The van der Waals surface area contributed by atoms with Gasteiger partial charge in [0.15, 0.2) is 0 Å². The summed E-state index contributed by atoms with van der Waals surface area (Å²) >= 11 is 0. The highest BCUT2D eigenvalue weighted by Crippen LogP contribution is 2.28. The summed E-state index contributed by atoms with van der Waals surface area (Å²) in [7, 11) is 1.35. The topological polar surface area (TPSA) is 91.9 Å². The first kappa shape index (κ1) is 19.2. The second kappa shape index (κ2) is 7.72. The third kappa shape index (κ3) is 3.61. The number of aromatic nitrogens is 2. The number of rotatable bonds is 4. The number of nitriles is 1. The van der Waals surface area contributed by atoms with Crippen LogP contribution in [-0.2, 0) is 4.74 Å². The van der Waals surface area contributed by atoms with Crippen molar-refractivity contribution in [1.29, 1.82) is 5.26 Å². The molecule has 148 valence electrons.